The second-order valence-electron chi connectivity index (χ2n) is 14.9. The minimum atomic E-state index is -1.10. The van der Waals surface area contributed by atoms with E-state index in [0.29, 0.717) is 43.2 Å². The number of ether oxygens (including phenoxy) is 3. The van der Waals surface area contributed by atoms with Crippen molar-refractivity contribution in [2.75, 3.05) is 13.2 Å². The Kier molecular flexibility index (Phi) is 13.0. The molecule has 9 atom stereocenters. The van der Waals surface area contributed by atoms with Crippen molar-refractivity contribution in [2.24, 2.45) is 17.8 Å². The Morgan fingerprint density at radius 2 is 1.88 bits per heavy atom. The molecule has 4 aliphatic rings. The number of amides is 3. The Morgan fingerprint density at radius 1 is 1.10 bits per heavy atom. The molecular formula is C39H54N4O9. The van der Waals surface area contributed by atoms with Crippen LogP contribution in [0.15, 0.2) is 60.2 Å². The van der Waals surface area contributed by atoms with Crippen LogP contribution in [0.4, 0.5) is 0 Å². The van der Waals surface area contributed by atoms with E-state index in [1.807, 2.05) is 52.0 Å². The molecular weight excluding hydrogens is 668 g/mol. The highest BCUT2D eigenvalue weighted by atomic mass is 16.7. The summed E-state index contributed by atoms with van der Waals surface area (Å²) >= 11 is 0. The summed E-state index contributed by atoms with van der Waals surface area (Å²) in [6.45, 7) is 9.37. The molecule has 0 saturated carbocycles. The third-order valence-corrected chi connectivity index (χ3v) is 10.5. The Labute approximate surface area is 305 Å². The maximum atomic E-state index is 14.2. The summed E-state index contributed by atoms with van der Waals surface area (Å²) in [5.74, 6) is -3.74. The van der Waals surface area contributed by atoms with Crippen molar-refractivity contribution >= 4 is 23.7 Å². The molecule has 5 bridgehead atoms. The number of phenols is 1. The lowest BCUT2D eigenvalue weighted by Gasteiger charge is -2.51. The summed E-state index contributed by atoms with van der Waals surface area (Å²) in [7, 11) is 0. The number of nitrogens with one attached hydrogen (secondary N) is 3. The van der Waals surface area contributed by atoms with Gasteiger partial charge in [-0.25, -0.2) is 5.43 Å². The first kappa shape index (κ1) is 39.2. The van der Waals surface area contributed by atoms with Crippen LogP contribution in [-0.2, 0) is 39.8 Å². The van der Waals surface area contributed by atoms with E-state index < -0.39 is 59.8 Å². The molecule has 3 fully saturated rings. The fourth-order valence-corrected chi connectivity index (χ4v) is 7.41. The molecule has 52 heavy (non-hydrogen) atoms. The predicted molar refractivity (Wildman–Crippen MR) is 192 cm³/mol. The van der Waals surface area contributed by atoms with Crippen molar-refractivity contribution < 1.29 is 43.6 Å². The first-order chi connectivity index (χ1) is 24.8. The predicted octanol–water partition coefficient (Wildman–Crippen LogP) is 2.97. The zero-order valence-electron chi connectivity index (χ0n) is 30.7. The Morgan fingerprint density at radius 3 is 2.62 bits per heavy atom. The number of hydrogen-bond acceptors (Lipinski definition) is 10. The Hall–Kier alpha value is -4.04. The van der Waals surface area contributed by atoms with Crippen molar-refractivity contribution in [1.29, 1.82) is 0 Å². The number of hydrazine groups is 1. The van der Waals surface area contributed by atoms with Crippen LogP contribution < -0.4 is 16.1 Å². The lowest BCUT2D eigenvalue weighted by atomic mass is 9.79. The zero-order valence-corrected chi connectivity index (χ0v) is 30.7. The monoisotopic (exact) mass is 722 g/mol. The lowest BCUT2D eigenvalue weighted by molar-refractivity contribution is -0.344. The number of carbonyl (C=O) groups is 4. The van der Waals surface area contributed by atoms with E-state index in [0.717, 1.165) is 0 Å². The molecule has 1 aromatic carbocycles. The van der Waals surface area contributed by atoms with E-state index >= 15 is 0 Å². The van der Waals surface area contributed by atoms with Crippen molar-refractivity contribution in [3.05, 3.63) is 65.8 Å². The van der Waals surface area contributed by atoms with Gasteiger partial charge in [-0.3, -0.25) is 24.2 Å². The van der Waals surface area contributed by atoms with Crippen LogP contribution in [0.1, 0.15) is 72.3 Å². The number of fused-ring (bicyclic) bond motifs is 4. The number of rotatable bonds is 5. The van der Waals surface area contributed by atoms with Crippen LogP contribution >= 0.6 is 0 Å². The number of aliphatic hydroxyl groups is 1. The van der Waals surface area contributed by atoms with Gasteiger partial charge in [0.25, 0.3) is 5.91 Å². The molecule has 3 saturated heterocycles. The maximum absolute atomic E-state index is 14.2. The molecule has 0 aromatic heterocycles. The molecule has 3 amide bonds. The number of benzene rings is 1. The minimum absolute atomic E-state index is 0.0155. The topological polar surface area (TPSA) is 176 Å². The number of esters is 1. The highest BCUT2D eigenvalue weighted by molar-refractivity contribution is 5.93. The number of hydrogen-bond donors (Lipinski definition) is 5. The zero-order chi connectivity index (χ0) is 37.6. The first-order valence-electron chi connectivity index (χ1n) is 18.4. The van der Waals surface area contributed by atoms with E-state index in [1.165, 1.54) is 17.1 Å². The van der Waals surface area contributed by atoms with Crippen molar-refractivity contribution in [3.8, 4) is 5.75 Å². The number of carbonyl (C=O) groups excluding carboxylic acids is 4. The van der Waals surface area contributed by atoms with Gasteiger partial charge in [0.2, 0.25) is 11.8 Å². The fraction of sp³-hybridized carbons (Fsp3) is 0.590. The lowest BCUT2D eigenvalue weighted by Crippen LogP contribution is -2.63. The first-order valence-corrected chi connectivity index (χ1v) is 18.4. The molecule has 0 spiro atoms. The van der Waals surface area contributed by atoms with Crippen LogP contribution in [0.25, 0.3) is 0 Å². The number of allylic oxidation sites excluding steroid dienone is 2. The average Bonchev–Trinajstić information content (AvgIpc) is 3.10. The molecule has 5 N–H and O–H groups in total. The molecule has 5 rings (SSSR count). The molecule has 2 unspecified atom stereocenters. The smallest absolute Gasteiger partial charge is 0.325 e. The summed E-state index contributed by atoms with van der Waals surface area (Å²) in [5, 5.41) is 26.9. The highest BCUT2D eigenvalue weighted by Crippen LogP contribution is 2.44. The summed E-state index contributed by atoms with van der Waals surface area (Å²) in [5.41, 5.74) is 4.32. The van der Waals surface area contributed by atoms with Crippen LogP contribution in [0, 0.1) is 17.8 Å². The second-order valence-corrected chi connectivity index (χ2v) is 14.9. The van der Waals surface area contributed by atoms with Gasteiger partial charge < -0.3 is 35.1 Å². The summed E-state index contributed by atoms with van der Waals surface area (Å²) in [6.07, 6.45) is 9.99. The van der Waals surface area contributed by atoms with Gasteiger partial charge in [-0.2, -0.15) is 0 Å². The number of nitrogens with zero attached hydrogens (tertiary/aromatic N) is 1. The fourth-order valence-electron chi connectivity index (χ4n) is 7.41. The van der Waals surface area contributed by atoms with E-state index in [9.17, 15) is 29.4 Å². The number of phenolic OH excluding ortho intramolecular Hbond substituents is 1. The third-order valence-electron chi connectivity index (χ3n) is 10.5. The van der Waals surface area contributed by atoms with Crippen LogP contribution in [0.3, 0.4) is 0 Å². The van der Waals surface area contributed by atoms with E-state index in [-0.39, 0.29) is 49.2 Å². The second kappa shape index (κ2) is 17.2. The van der Waals surface area contributed by atoms with E-state index in [4.69, 9.17) is 14.2 Å². The van der Waals surface area contributed by atoms with Gasteiger partial charge in [0.05, 0.1) is 24.7 Å². The average molecular weight is 723 g/mol. The maximum Gasteiger partial charge on any atom is 0.325 e. The molecule has 4 aliphatic heterocycles. The standard InChI is InChI=1S/C39H54N4O9/c1-23(2)33-36(47)40-30(22-26-11-9-12-27(45)21-26)37(48)43-19-10-13-29(42-43)38(49)50-31(24(3)17-20-44)14-7-6-8-15-32-25(4)34-28(35(46)41-33)16-18-39(5,51-32)52-34/h6-9,11-12,15,17,21,23,25,28-34,42,44-45H,10,13-14,16,18-20,22H2,1-5H3,(H,40,47)(H,41,46)/b7-6+,15-8+,24-17+/t25-,28+,29?,30-,31-,32-,33-,34+,39?/m0/s1. The van der Waals surface area contributed by atoms with Gasteiger partial charge in [0, 0.05) is 31.7 Å². The van der Waals surface area contributed by atoms with Gasteiger partial charge in [-0.1, -0.05) is 63.3 Å². The molecule has 4 heterocycles. The minimum Gasteiger partial charge on any atom is -0.508 e. The van der Waals surface area contributed by atoms with Gasteiger partial charge >= 0.3 is 5.97 Å². The molecule has 0 radical (unpaired) electrons. The molecule has 284 valence electrons. The molecule has 13 heteroatoms. The van der Waals surface area contributed by atoms with Crippen molar-refractivity contribution in [1.82, 2.24) is 21.1 Å². The van der Waals surface area contributed by atoms with Crippen molar-refractivity contribution in [3.63, 3.8) is 0 Å². The van der Waals surface area contributed by atoms with Crippen LogP contribution in [-0.4, -0.2) is 94.3 Å². The van der Waals surface area contributed by atoms with Gasteiger partial charge in [-0.15, -0.1) is 0 Å². The highest BCUT2D eigenvalue weighted by Gasteiger charge is 2.51. The number of aliphatic hydroxyl groups excluding tert-OH is 1. The summed E-state index contributed by atoms with van der Waals surface area (Å²) in [4.78, 5) is 55.8. The molecule has 1 aromatic rings. The number of cyclic esters (lactones) is 1. The quantitative estimate of drug-likeness (QED) is 0.225. The SMILES string of the molecule is C/C(=C\CO)[C@@H]1C/C=C/C=C/[C@@H]2OC3(C)CC[C@@H](C(=O)N[C@@H](C(C)C)C(=O)N[C@@H](Cc4cccc(O)c4)C(=O)N4CCCC(N4)C(=O)O1)[C@H](O3)[C@H]2C. The van der Waals surface area contributed by atoms with E-state index in [1.54, 1.807) is 25.1 Å². The van der Waals surface area contributed by atoms with Crippen molar-refractivity contribution in [2.45, 2.75) is 115 Å². The summed E-state index contributed by atoms with van der Waals surface area (Å²) < 4.78 is 18.7. The third kappa shape index (κ3) is 9.49. The Bertz CT molecular complexity index is 1560. The molecule has 13 nitrogen and oxygen atoms in total. The largest absolute Gasteiger partial charge is 0.508 e. The molecule has 0 aliphatic carbocycles. The van der Waals surface area contributed by atoms with Gasteiger partial charge in [0.15, 0.2) is 5.79 Å². The normalized spacial score (nSPS) is 35.1. The van der Waals surface area contributed by atoms with Crippen LogP contribution in [0.5, 0.6) is 5.75 Å². The summed E-state index contributed by atoms with van der Waals surface area (Å²) in [6, 6.07) is 3.56. The number of aromatic hydroxyl groups is 1. The van der Waals surface area contributed by atoms with Crippen LogP contribution in [0.2, 0.25) is 0 Å². The Balaban J connectivity index is 1.49. The van der Waals surface area contributed by atoms with E-state index in [2.05, 4.69) is 16.1 Å². The van der Waals surface area contributed by atoms with Gasteiger partial charge in [0.1, 0.15) is 30.0 Å². The van der Waals surface area contributed by atoms with Gasteiger partial charge in [-0.05, 0) is 62.3 Å².